The molecule has 2 saturated heterocycles. The van der Waals surface area contributed by atoms with Gasteiger partial charge in [0.05, 0.1) is 6.61 Å². The molecule has 2 amide bonds. The molecule has 1 atom stereocenters. The molecule has 0 aromatic rings. The van der Waals surface area contributed by atoms with E-state index >= 15 is 0 Å². The lowest BCUT2D eigenvalue weighted by Crippen LogP contribution is -2.53. The minimum Gasteiger partial charge on any atom is -0.450 e. The molecule has 2 aliphatic rings. The third-order valence-corrected chi connectivity index (χ3v) is 5.12. The summed E-state index contributed by atoms with van der Waals surface area (Å²) in [6, 6.07) is -0.501. The third kappa shape index (κ3) is 5.36. The largest absolute Gasteiger partial charge is 0.450 e. The summed E-state index contributed by atoms with van der Waals surface area (Å²) in [5, 5.41) is 2.72. The van der Waals surface area contributed by atoms with E-state index in [1.54, 1.807) is 6.92 Å². The van der Waals surface area contributed by atoms with E-state index in [2.05, 4.69) is 10.2 Å². The molecule has 1 unspecified atom stereocenters. The van der Waals surface area contributed by atoms with Crippen LogP contribution in [0.2, 0.25) is 0 Å². The molecule has 0 aromatic heterocycles. The molecule has 0 radical (unpaired) electrons. The van der Waals surface area contributed by atoms with Gasteiger partial charge in [-0.3, -0.25) is 4.79 Å². The summed E-state index contributed by atoms with van der Waals surface area (Å²) >= 11 is 0. The number of rotatable bonds is 6. The minimum atomic E-state index is -0.506. The van der Waals surface area contributed by atoms with E-state index in [1.807, 2.05) is 18.7 Å². The van der Waals surface area contributed by atoms with Gasteiger partial charge in [-0.25, -0.2) is 4.79 Å². The Morgan fingerprint density at radius 1 is 1.12 bits per heavy atom. The molecule has 2 aliphatic heterocycles. The van der Waals surface area contributed by atoms with E-state index in [1.165, 1.54) is 32.5 Å². The average molecular weight is 339 g/mol. The number of ether oxygens (including phenoxy) is 1. The van der Waals surface area contributed by atoms with E-state index in [-0.39, 0.29) is 11.8 Å². The number of carbonyl (C=O) groups excluding carboxylic acids is 2. The van der Waals surface area contributed by atoms with Crippen molar-refractivity contribution < 1.29 is 14.3 Å². The Balaban J connectivity index is 1.81. The summed E-state index contributed by atoms with van der Waals surface area (Å²) in [6.45, 7) is 11.2. The summed E-state index contributed by atoms with van der Waals surface area (Å²) < 4.78 is 4.93. The zero-order valence-electron chi connectivity index (χ0n) is 15.4. The molecule has 2 rings (SSSR count). The predicted octanol–water partition coefficient (Wildman–Crippen LogP) is 2.09. The zero-order chi connectivity index (χ0) is 17.5. The maximum absolute atomic E-state index is 12.8. The average Bonchev–Trinajstić information content (AvgIpc) is 3.06. The van der Waals surface area contributed by atoms with Crippen molar-refractivity contribution in [1.29, 1.82) is 0 Å². The molecule has 2 fully saturated rings. The predicted molar refractivity (Wildman–Crippen MR) is 93.8 cm³/mol. The Hall–Kier alpha value is -1.30. The number of piperidine rings is 1. The van der Waals surface area contributed by atoms with Crippen LogP contribution < -0.4 is 5.32 Å². The van der Waals surface area contributed by atoms with Crippen LogP contribution in [-0.2, 0) is 9.53 Å². The fraction of sp³-hybridized carbons (Fsp3) is 0.889. The summed E-state index contributed by atoms with van der Waals surface area (Å²) in [4.78, 5) is 28.9. The lowest BCUT2D eigenvalue weighted by Gasteiger charge is -2.36. The molecule has 24 heavy (non-hydrogen) atoms. The topological polar surface area (TPSA) is 61.9 Å². The first-order chi connectivity index (χ1) is 11.5. The summed E-state index contributed by atoms with van der Waals surface area (Å²) in [6.07, 6.45) is 4.27. The van der Waals surface area contributed by atoms with Crippen molar-refractivity contribution >= 4 is 12.0 Å². The Labute approximate surface area is 145 Å². The second-order valence-corrected chi connectivity index (χ2v) is 7.36. The van der Waals surface area contributed by atoms with Crippen molar-refractivity contribution in [2.75, 3.05) is 39.3 Å². The minimum absolute atomic E-state index is 0.0256. The van der Waals surface area contributed by atoms with Gasteiger partial charge in [0.15, 0.2) is 0 Å². The van der Waals surface area contributed by atoms with Crippen LogP contribution in [-0.4, -0.2) is 67.2 Å². The number of alkyl carbamates (subject to hydrolysis) is 1. The summed E-state index contributed by atoms with van der Waals surface area (Å²) in [5.41, 5.74) is 0. The molecule has 0 aromatic carbocycles. The van der Waals surface area contributed by atoms with Crippen molar-refractivity contribution in [1.82, 2.24) is 15.1 Å². The Morgan fingerprint density at radius 3 is 2.29 bits per heavy atom. The van der Waals surface area contributed by atoms with Gasteiger partial charge in [0.1, 0.15) is 6.04 Å². The Bertz CT molecular complexity index is 414. The van der Waals surface area contributed by atoms with Crippen molar-refractivity contribution in [2.24, 2.45) is 11.8 Å². The van der Waals surface area contributed by atoms with Gasteiger partial charge in [0.2, 0.25) is 5.91 Å². The Kier molecular flexibility index (Phi) is 7.34. The smallest absolute Gasteiger partial charge is 0.407 e. The van der Waals surface area contributed by atoms with Gasteiger partial charge >= 0.3 is 6.09 Å². The first kappa shape index (κ1) is 19.0. The van der Waals surface area contributed by atoms with Crippen LogP contribution in [0.5, 0.6) is 0 Å². The van der Waals surface area contributed by atoms with E-state index in [0.29, 0.717) is 12.5 Å². The van der Waals surface area contributed by atoms with Crippen LogP contribution in [0.3, 0.4) is 0 Å². The van der Waals surface area contributed by atoms with E-state index in [9.17, 15) is 9.59 Å². The number of carbonyl (C=O) groups is 2. The number of hydrogen-bond donors (Lipinski definition) is 1. The highest BCUT2D eigenvalue weighted by molar-refractivity contribution is 5.86. The lowest BCUT2D eigenvalue weighted by molar-refractivity contribution is -0.135. The molecule has 0 spiro atoms. The number of likely N-dealkylation sites (tertiary alicyclic amines) is 2. The monoisotopic (exact) mass is 339 g/mol. The highest BCUT2D eigenvalue weighted by Crippen LogP contribution is 2.22. The number of nitrogens with one attached hydrogen (secondary N) is 1. The van der Waals surface area contributed by atoms with Crippen molar-refractivity contribution in [3.63, 3.8) is 0 Å². The first-order valence-corrected chi connectivity index (χ1v) is 9.45. The Morgan fingerprint density at radius 2 is 1.75 bits per heavy atom. The number of nitrogens with zero attached hydrogens (tertiary/aromatic N) is 2. The third-order valence-electron chi connectivity index (χ3n) is 5.12. The van der Waals surface area contributed by atoms with E-state index in [4.69, 9.17) is 4.74 Å². The summed E-state index contributed by atoms with van der Waals surface area (Å²) in [7, 11) is 0. The first-order valence-electron chi connectivity index (χ1n) is 9.45. The highest BCUT2D eigenvalue weighted by atomic mass is 16.5. The van der Waals surface area contributed by atoms with Crippen LogP contribution in [0.4, 0.5) is 4.79 Å². The van der Waals surface area contributed by atoms with Gasteiger partial charge in [-0.1, -0.05) is 13.8 Å². The zero-order valence-corrected chi connectivity index (χ0v) is 15.4. The molecule has 0 aliphatic carbocycles. The van der Waals surface area contributed by atoms with Crippen molar-refractivity contribution in [2.45, 2.75) is 52.5 Å². The molecule has 1 N–H and O–H groups in total. The van der Waals surface area contributed by atoms with Gasteiger partial charge < -0.3 is 19.9 Å². The fourth-order valence-corrected chi connectivity index (χ4v) is 3.68. The maximum Gasteiger partial charge on any atom is 0.407 e. The molecule has 2 heterocycles. The molecule has 0 saturated carbocycles. The van der Waals surface area contributed by atoms with Gasteiger partial charge in [-0.05, 0) is 57.5 Å². The van der Waals surface area contributed by atoms with Crippen LogP contribution in [0.1, 0.15) is 46.5 Å². The molecule has 0 bridgehead atoms. The van der Waals surface area contributed by atoms with Crippen molar-refractivity contribution in [3.8, 4) is 0 Å². The second kappa shape index (κ2) is 9.25. The van der Waals surface area contributed by atoms with Crippen LogP contribution in [0.25, 0.3) is 0 Å². The number of hydrogen-bond acceptors (Lipinski definition) is 4. The van der Waals surface area contributed by atoms with Crippen LogP contribution >= 0.6 is 0 Å². The van der Waals surface area contributed by atoms with Gasteiger partial charge in [0.25, 0.3) is 0 Å². The van der Waals surface area contributed by atoms with E-state index < -0.39 is 12.1 Å². The highest BCUT2D eigenvalue weighted by Gasteiger charge is 2.32. The van der Waals surface area contributed by atoms with Crippen LogP contribution in [0.15, 0.2) is 0 Å². The summed E-state index contributed by atoms with van der Waals surface area (Å²) in [5.74, 6) is 0.768. The maximum atomic E-state index is 12.8. The quantitative estimate of drug-likeness (QED) is 0.805. The molecular weight excluding hydrogens is 306 g/mol. The SMILES string of the molecule is CCOC(=O)NC(C(=O)N1CCC(CN2CCCC2)CC1)C(C)C. The van der Waals surface area contributed by atoms with Crippen LogP contribution in [0, 0.1) is 11.8 Å². The standard InChI is InChI=1S/C18H33N3O3/c1-4-24-18(23)19-16(14(2)3)17(22)21-11-7-15(8-12-21)13-20-9-5-6-10-20/h14-16H,4-13H2,1-3H3,(H,19,23). The normalized spacial score (nSPS) is 21.1. The molecule has 138 valence electrons. The van der Waals surface area contributed by atoms with Gasteiger partial charge in [-0.2, -0.15) is 0 Å². The van der Waals surface area contributed by atoms with E-state index in [0.717, 1.165) is 25.9 Å². The number of amides is 2. The molecule has 6 heteroatoms. The van der Waals surface area contributed by atoms with Gasteiger partial charge in [0, 0.05) is 19.6 Å². The lowest BCUT2D eigenvalue weighted by atomic mass is 9.94. The van der Waals surface area contributed by atoms with Crippen molar-refractivity contribution in [3.05, 3.63) is 0 Å². The van der Waals surface area contributed by atoms with Gasteiger partial charge in [-0.15, -0.1) is 0 Å². The fourth-order valence-electron chi connectivity index (χ4n) is 3.68. The second-order valence-electron chi connectivity index (χ2n) is 7.36. The molecule has 6 nitrogen and oxygen atoms in total. The molecular formula is C18H33N3O3.